The summed E-state index contributed by atoms with van der Waals surface area (Å²) in [6, 6.07) is 13.1. The van der Waals surface area contributed by atoms with Crippen LogP contribution in [0.5, 0.6) is 0 Å². The van der Waals surface area contributed by atoms with Crippen LogP contribution in [0.3, 0.4) is 0 Å². The van der Waals surface area contributed by atoms with Crippen molar-refractivity contribution >= 4 is 11.8 Å². The number of aryl methyl sites for hydroxylation is 2. The van der Waals surface area contributed by atoms with Crippen LogP contribution in [0.1, 0.15) is 39.6 Å². The smallest absolute Gasteiger partial charge is 0.257 e. The van der Waals surface area contributed by atoms with E-state index in [1.165, 1.54) is 12.1 Å². The maximum absolute atomic E-state index is 13.2. The van der Waals surface area contributed by atoms with Gasteiger partial charge >= 0.3 is 0 Å². The summed E-state index contributed by atoms with van der Waals surface area (Å²) in [6.45, 7) is 4.31. The number of nitrogens with one attached hydrogen (secondary N) is 1. The second-order valence-corrected chi connectivity index (χ2v) is 7.03. The van der Waals surface area contributed by atoms with Crippen molar-refractivity contribution in [2.24, 2.45) is 0 Å². The van der Waals surface area contributed by atoms with Crippen LogP contribution in [0, 0.1) is 19.7 Å². The molecule has 0 aliphatic rings. The minimum atomic E-state index is -0.341. The zero-order chi connectivity index (χ0) is 21.5. The predicted octanol–water partition coefficient (Wildman–Crippen LogP) is 3.78. The third-order valence-corrected chi connectivity index (χ3v) is 4.65. The van der Waals surface area contributed by atoms with Crippen molar-refractivity contribution in [2.75, 3.05) is 6.54 Å². The van der Waals surface area contributed by atoms with E-state index in [1.54, 1.807) is 43.1 Å². The fourth-order valence-electron chi connectivity index (χ4n) is 3.09. The summed E-state index contributed by atoms with van der Waals surface area (Å²) in [6.07, 6.45) is 1.80. The van der Waals surface area contributed by atoms with Gasteiger partial charge in [0.25, 0.3) is 5.91 Å². The van der Waals surface area contributed by atoms with Crippen LogP contribution >= 0.6 is 0 Å². The van der Waals surface area contributed by atoms with Gasteiger partial charge in [0.15, 0.2) is 0 Å². The monoisotopic (exact) mass is 409 g/mol. The highest BCUT2D eigenvalue weighted by molar-refractivity contribution is 5.95. The van der Waals surface area contributed by atoms with Crippen LogP contribution in [0.15, 0.2) is 59.1 Å². The van der Waals surface area contributed by atoms with Crippen LogP contribution < -0.4 is 5.32 Å². The number of aromatic nitrogens is 1. The molecule has 0 aliphatic carbocycles. The molecule has 2 aromatic heterocycles. The number of pyridine rings is 1. The number of furan rings is 1. The number of amides is 2. The molecular formula is C23H24FN3O3. The first kappa shape index (κ1) is 21.2. The summed E-state index contributed by atoms with van der Waals surface area (Å²) in [5.41, 5.74) is 2.00. The molecule has 0 saturated carbocycles. The normalized spacial score (nSPS) is 10.6. The van der Waals surface area contributed by atoms with E-state index in [-0.39, 0.29) is 37.1 Å². The van der Waals surface area contributed by atoms with Crippen LogP contribution in [0.2, 0.25) is 0 Å². The lowest BCUT2D eigenvalue weighted by Gasteiger charge is -2.22. The van der Waals surface area contributed by atoms with Gasteiger partial charge in [0.2, 0.25) is 5.91 Å². The number of hydrogen-bond acceptors (Lipinski definition) is 4. The Hall–Kier alpha value is -3.48. The SMILES string of the molecule is Cc1cc(C(=O)N(CCC(=O)NCc2ccccn2)Cc2ccc(F)cc2)c(C)o1. The van der Waals surface area contributed by atoms with Crippen molar-refractivity contribution in [3.63, 3.8) is 0 Å². The van der Waals surface area contributed by atoms with Crippen molar-refractivity contribution in [3.8, 4) is 0 Å². The molecule has 0 fully saturated rings. The van der Waals surface area contributed by atoms with Gasteiger partial charge in [0.05, 0.1) is 17.8 Å². The van der Waals surface area contributed by atoms with E-state index in [0.29, 0.717) is 23.6 Å². The fraction of sp³-hybridized carbons (Fsp3) is 0.261. The summed E-state index contributed by atoms with van der Waals surface area (Å²) in [7, 11) is 0. The average Bonchev–Trinajstić information content (AvgIpc) is 3.09. The molecule has 2 heterocycles. The van der Waals surface area contributed by atoms with E-state index in [0.717, 1.165) is 11.3 Å². The summed E-state index contributed by atoms with van der Waals surface area (Å²) in [5, 5.41) is 2.81. The molecule has 0 bridgehead atoms. The molecule has 156 valence electrons. The number of carbonyl (C=O) groups is 2. The van der Waals surface area contributed by atoms with Crippen molar-refractivity contribution in [3.05, 3.63) is 88.9 Å². The van der Waals surface area contributed by atoms with Gasteiger partial charge in [0.1, 0.15) is 17.3 Å². The first-order chi connectivity index (χ1) is 14.4. The average molecular weight is 409 g/mol. The second-order valence-electron chi connectivity index (χ2n) is 7.03. The van der Waals surface area contributed by atoms with E-state index in [4.69, 9.17) is 4.42 Å². The quantitative estimate of drug-likeness (QED) is 0.614. The molecule has 0 saturated heterocycles. The van der Waals surface area contributed by atoms with Crippen LogP contribution in [-0.2, 0) is 17.9 Å². The summed E-state index contributed by atoms with van der Waals surface area (Å²) in [5.74, 6) is 0.419. The molecule has 3 rings (SSSR count). The fourth-order valence-corrected chi connectivity index (χ4v) is 3.09. The molecule has 0 atom stereocenters. The van der Waals surface area contributed by atoms with Gasteiger partial charge in [0, 0.05) is 25.7 Å². The number of hydrogen-bond donors (Lipinski definition) is 1. The summed E-state index contributed by atoms with van der Waals surface area (Å²) in [4.78, 5) is 31.1. The molecule has 2 amide bonds. The van der Waals surface area contributed by atoms with E-state index in [2.05, 4.69) is 10.3 Å². The number of carbonyl (C=O) groups excluding carboxylic acids is 2. The Bertz CT molecular complexity index is 1000. The number of nitrogens with zero attached hydrogens (tertiary/aromatic N) is 2. The zero-order valence-corrected chi connectivity index (χ0v) is 17.0. The first-order valence-corrected chi connectivity index (χ1v) is 9.69. The third kappa shape index (κ3) is 5.76. The van der Waals surface area contributed by atoms with Crippen LogP contribution in [0.25, 0.3) is 0 Å². The number of benzene rings is 1. The third-order valence-electron chi connectivity index (χ3n) is 4.65. The Labute approximate surface area is 174 Å². The van der Waals surface area contributed by atoms with Gasteiger partial charge < -0.3 is 14.6 Å². The minimum absolute atomic E-state index is 0.135. The number of rotatable bonds is 8. The Balaban J connectivity index is 1.67. The van der Waals surface area contributed by atoms with E-state index in [9.17, 15) is 14.0 Å². The highest BCUT2D eigenvalue weighted by Crippen LogP contribution is 2.18. The van der Waals surface area contributed by atoms with Crippen molar-refractivity contribution in [2.45, 2.75) is 33.4 Å². The Morgan fingerprint density at radius 1 is 1.13 bits per heavy atom. The minimum Gasteiger partial charge on any atom is -0.466 e. The van der Waals surface area contributed by atoms with Gasteiger partial charge in [-0.25, -0.2) is 4.39 Å². The molecule has 6 nitrogen and oxygen atoms in total. The lowest BCUT2D eigenvalue weighted by molar-refractivity contribution is -0.121. The van der Waals surface area contributed by atoms with E-state index in [1.807, 2.05) is 18.2 Å². The van der Waals surface area contributed by atoms with Gasteiger partial charge in [-0.1, -0.05) is 18.2 Å². The maximum Gasteiger partial charge on any atom is 0.257 e. The van der Waals surface area contributed by atoms with Gasteiger partial charge in [-0.05, 0) is 49.7 Å². The maximum atomic E-state index is 13.2. The highest BCUT2D eigenvalue weighted by Gasteiger charge is 2.21. The lowest BCUT2D eigenvalue weighted by atomic mass is 10.1. The van der Waals surface area contributed by atoms with Crippen molar-refractivity contribution in [1.29, 1.82) is 0 Å². The lowest BCUT2D eigenvalue weighted by Crippen LogP contribution is -2.35. The Morgan fingerprint density at radius 2 is 1.90 bits per heavy atom. The van der Waals surface area contributed by atoms with Gasteiger partial charge in [-0.2, -0.15) is 0 Å². The molecule has 3 aromatic rings. The predicted molar refractivity (Wildman–Crippen MR) is 110 cm³/mol. The topological polar surface area (TPSA) is 75.4 Å². The molecule has 30 heavy (non-hydrogen) atoms. The van der Waals surface area contributed by atoms with Crippen molar-refractivity contribution < 1.29 is 18.4 Å². The van der Waals surface area contributed by atoms with Crippen LogP contribution in [-0.4, -0.2) is 28.2 Å². The molecule has 0 radical (unpaired) electrons. The van der Waals surface area contributed by atoms with Gasteiger partial charge in [-0.15, -0.1) is 0 Å². The first-order valence-electron chi connectivity index (χ1n) is 9.69. The Kier molecular flexibility index (Phi) is 6.95. The van der Waals surface area contributed by atoms with E-state index < -0.39 is 0 Å². The molecular weight excluding hydrogens is 385 g/mol. The highest BCUT2D eigenvalue weighted by atomic mass is 19.1. The summed E-state index contributed by atoms with van der Waals surface area (Å²) >= 11 is 0. The molecule has 0 unspecified atom stereocenters. The van der Waals surface area contributed by atoms with Crippen LogP contribution in [0.4, 0.5) is 4.39 Å². The number of halogens is 1. The standard InChI is InChI=1S/C23H24FN3O3/c1-16-13-21(17(2)30-16)23(29)27(15-18-6-8-19(24)9-7-18)12-10-22(28)26-14-20-5-3-4-11-25-20/h3-9,11,13H,10,12,14-15H2,1-2H3,(H,26,28). The Morgan fingerprint density at radius 3 is 2.53 bits per heavy atom. The van der Waals surface area contributed by atoms with Gasteiger partial charge in [-0.3, -0.25) is 14.6 Å². The van der Waals surface area contributed by atoms with E-state index >= 15 is 0 Å². The summed E-state index contributed by atoms with van der Waals surface area (Å²) < 4.78 is 18.7. The molecule has 0 spiro atoms. The second kappa shape index (κ2) is 9.82. The molecule has 0 aliphatic heterocycles. The molecule has 1 aromatic carbocycles. The largest absolute Gasteiger partial charge is 0.466 e. The van der Waals surface area contributed by atoms with Crippen molar-refractivity contribution in [1.82, 2.24) is 15.2 Å². The zero-order valence-electron chi connectivity index (χ0n) is 17.0. The molecule has 1 N–H and O–H groups in total. The molecule has 7 heteroatoms.